The summed E-state index contributed by atoms with van der Waals surface area (Å²) in [6.07, 6.45) is 26.9. The number of carbonyl (C=O) groups excluding carboxylic acids is 2. The number of unbranched alkanes of at least 4 members (excludes halogenated alkanes) is 38. The van der Waals surface area contributed by atoms with Gasteiger partial charge in [0.1, 0.15) is 67.1 Å². The summed E-state index contributed by atoms with van der Waals surface area (Å²) in [5.74, 6) is -6.10. The van der Waals surface area contributed by atoms with E-state index in [0.29, 0.717) is 19.3 Å². The van der Waals surface area contributed by atoms with Crippen LogP contribution in [0.3, 0.4) is 0 Å². The molecule has 0 spiro atoms. The van der Waals surface area contributed by atoms with Crippen molar-refractivity contribution in [2.75, 3.05) is 26.4 Å². The number of hydrogen-bond acceptors (Lipinski definition) is 20. The first kappa shape index (κ1) is 88.7. The van der Waals surface area contributed by atoms with Crippen molar-refractivity contribution < 1.29 is 104 Å². The largest absolute Gasteiger partial charge is 0.477 e. The molecule has 23 nitrogen and oxygen atoms in total. The third kappa shape index (κ3) is 35.5. The summed E-state index contributed by atoms with van der Waals surface area (Å²) in [4.78, 5) is 38.6. The van der Waals surface area contributed by atoms with E-state index in [0.717, 1.165) is 58.3 Å². The highest BCUT2D eigenvalue weighted by Gasteiger charge is 2.60. The van der Waals surface area contributed by atoms with Crippen LogP contribution in [0, 0.1) is 0 Å². The number of ether oxygens (including phenoxy) is 6. The minimum Gasteiger partial charge on any atom is -0.477 e. The topological polar surface area (TPSA) is 373 Å². The lowest BCUT2D eigenvalue weighted by Gasteiger charge is -2.50. The van der Waals surface area contributed by atoms with Crippen molar-refractivity contribution in [1.29, 1.82) is 0 Å². The summed E-state index contributed by atoms with van der Waals surface area (Å²) in [6, 6.07) is -2.53. The smallest absolute Gasteiger partial charge is 0.364 e. The maximum Gasteiger partial charge on any atom is 0.364 e. The van der Waals surface area contributed by atoms with E-state index >= 15 is 0 Å². The lowest BCUT2D eigenvalue weighted by Crippen LogP contribution is -2.70. The number of aliphatic carboxylic acids is 1. The third-order valence-corrected chi connectivity index (χ3v) is 19.7. The number of aliphatic hydroxyl groups is 11. The Morgan fingerprint density at radius 1 is 0.526 bits per heavy atom. The molecular formula is C74H138N2O21. The fraction of sp³-hybridized carbons (Fsp3) is 0.932. The molecule has 14 N–H and O–H groups in total. The zero-order valence-electron chi connectivity index (χ0n) is 60.0. The van der Waals surface area contributed by atoms with Crippen LogP contribution in [-0.2, 0) is 42.8 Å². The number of carboxylic acids is 1. The van der Waals surface area contributed by atoms with Gasteiger partial charge in [0.15, 0.2) is 12.6 Å². The molecule has 2 amide bonds. The molecule has 18 atom stereocenters. The molecule has 0 saturated carbocycles. The number of carboxylic acid groups (broad SMARTS) is 1. The highest BCUT2D eigenvalue weighted by molar-refractivity contribution is 5.77. The molecule has 570 valence electrons. The number of aliphatic hydroxyl groups excluding tert-OH is 11. The molecular weight excluding hydrogens is 1250 g/mol. The summed E-state index contributed by atoms with van der Waals surface area (Å²) in [5.41, 5.74) is 0. The van der Waals surface area contributed by atoms with E-state index in [-0.39, 0.29) is 18.9 Å². The van der Waals surface area contributed by atoms with E-state index in [1.54, 1.807) is 0 Å². The maximum atomic E-state index is 13.5. The number of carbonyl (C=O) groups is 3. The van der Waals surface area contributed by atoms with Crippen LogP contribution in [-0.4, -0.2) is 215 Å². The van der Waals surface area contributed by atoms with Crippen molar-refractivity contribution in [1.82, 2.24) is 10.6 Å². The van der Waals surface area contributed by atoms with Gasteiger partial charge >= 0.3 is 5.97 Å². The molecule has 3 heterocycles. The lowest BCUT2D eigenvalue weighted by atomic mass is 9.88. The molecule has 0 radical (unpaired) electrons. The monoisotopic (exact) mass is 1390 g/mol. The van der Waals surface area contributed by atoms with Crippen LogP contribution in [0.4, 0.5) is 0 Å². The Balaban J connectivity index is 1.43. The quantitative estimate of drug-likeness (QED) is 0.0199. The molecule has 0 bridgehead atoms. The van der Waals surface area contributed by atoms with Gasteiger partial charge in [-0.3, -0.25) is 9.59 Å². The summed E-state index contributed by atoms with van der Waals surface area (Å²) < 4.78 is 34.8. The van der Waals surface area contributed by atoms with Crippen LogP contribution in [0.5, 0.6) is 0 Å². The van der Waals surface area contributed by atoms with E-state index < -0.39 is 148 Å². The Morgan fingerprint density at radius 3 is 1.39 bits per heavy atom. The van der Waals surface area contributed by atoms with Gasteiger partial charge in [-0.1, -0.05) is 257 Å². The molecule has 18 unspecified atom stereocenters. The predicted octanol–water partition coefficient (Wildman–Crippen LogP) is 9.02. The van der Waals surface area contributed by atoms with Crippen molar-refractivity contribution in [2.24, 2.45) is 0 Å². The summed E-state index contributed by atoms with van der Waals surface area (Å²) >= 11 is 0. The van der Waals surface area contributed by atoms with Crippen molar-refractivity contribution in [2.45, 2.75) is 413 Å². The van der Waals surface area contributed by atoms with E-state index in [1.807, 2.05) is 0 Å². The number of rotatable bonds is 60. The second-order valence-electron chi connectivity index (χ2n) is 28.2. The second kappa shape index (κ2) is 54.2. The normalized spacial score (nSPS) is 27.4. The first-order valence-electron chi connectivity index (χ1n) is 38.5. The number of nitrogens with one attached hydrogen (secondary N) is 2. The summed E-state index contributed by atoms with van der Waals surface area (Å²) in [5, 5.41) is 136. The molecule has 3 aliphatic heterocycles. The molecule has 0 aromatic carbocycles. The average Bonchev–Trinajstić information content (AvgIpc) is 0.777. The first-order chi connectivity index (χ1) is 46.9. The third-order valence-electron chi connectivity index (χ3n) is 19.7. The molecule has 0 aromatic rings. The molecule has 0 aliphatic carbocycles. The van der Waals surface area contributed by atoms with Crippen LogP contribution in [0.1, 0.15) is 303 Å². The minimum atomic E-state index is -3.08. The summed E-state index contributed by atoms with van der Waals surface area (Å²) in [7, 11) is 0. The van der Waals surface area contributed by atoms with Gasteiger partial charge < -0.3 is 100 Å². The molecule has 3 aliphatic rings. The summed E-state index contributed by atoms with van der Waals surface area (Å²) in [6.45, 7) is 2.20. The predicted molar refractivity (Wildman–Crippen MR) is 371 cm³/mol. The molecule has 0 aromatic heterocycles. The van der Waals surface area contributed by atoms with Gasteiger partial charge in [-0.15, -0.1) is 0 Å². The fourth-order valence-corrected chi connectivity index (χ4v) is 13.6. The van der Waals surface area contributed by atoms with Gasteiger partial charge in [-0.2, -0.15) is 0 Å². The van der Waals surface area contributed by atoms with Gasteiger partial charge in [0.05, 0.1) is 50.7 Å². The standard InChI is InChI=1S/C74H138N2O21/c1-4-6-8-10-12-14-16-17-18-19-20-21-22-23-24-25-26-27-28-29-30-31-32-33-34-35-36-37-38-40-42-44-46-48-61(84)76-55(56(81)47-45-43-41-39-15-13-11-9-7-5-2)53-92-71-66(88)65(87)68(60(52-79)94-71)95-72-67(89)70(64(86)59(51-78)93-72)97-74(73(90)91)49-57(82)62(75-54(3)80)69(96-74)63(85)58(83)50-77/h23-24,55-60,62-72,77-79,81-83,85-89H,4-22,25-53H2,1-3H3,(H,75,80)(H,76,84)(H,90,91)/b24-23-. The van der Waals surface area contributed by atoms with E-state index in [9.17, 15) is 75.7 Å². The highest BCUT2D eigenvalue weighted by Crippen LogP contribution is 2.39. The number of amides is 2. The molecule has 23 heteroatoms. The molecule has 3 saturated heterocycles. The Kier molecular flexibility index (Phi) is 49.5. The maximum absolute atomic E-state index is 13.5. The van der Waals surface area contributed by atoms with Gasteiger partial charge in [-0.25, -0.2) is 4.79 Å². The number of allylic oxidation sites excluding steroid dienone is 2. The second-order valence-corrected chi connectivity index (χ2v) is 28.2. The fourth-order valence-electron chi connectivity index (χ4n) is 13.6. The zero-order chi connectivity index (χ0) is 71.1. The van der Waals surface area contributed by atoms with Crippen molar-refractivity contribution in [3.8, 4) is 0 Å². The molecule has 3 fully saturated rings. The van der Waals surface area contributed by atoms with Gasteiger partial charge in [0, 0.05) is 19.8 Å². The molecule has 3 rings (SSSR count). The van der Waals surface area contributed by atoms with Crippen molar-refractivity contribution in [3.05, 3.63) is 12.2 Å². The van der Waals surface area contributed by atoms with E-state index in [2.05, 4.69) is 36.6 Å². The minimum absolute atomic E-state index is 0.227. The van der Waals surface area contributed by atoms with E-state index in [1.165, 1.54) is 199 Å². The SMILES string of the molecule is CCCCCCCCCCCCCC/C=C\CCCCCCCCCCCCCCCCCCCC(=O)NC(COC1OC(CO)C(OC2OC(CO)C(O)C(OC3(C(=O)O)CC(O)C(NC(C)=O)C(C(O)C(O)CO)O3)C2O)C(O)C1O)C(O)CCCCCCCCCCCC. The Labute approximate surface area is 581 Å². The van der Waals surface area contributed by atoms with Crippen LogP contribution in [0.15, 0.2) is 12.2 Å². The van der Waals surface area contributed by atoms with Crippen LogP contribution in [0.25, 0.3) is 0 Å². The van der Waals surface area contributed by atoms with Gasteiger partial charge in [0.2, 0.25) is 11.8 Å². The van der Waals surface area contributed by atoms with Crippen LogP contribution in [0.2, 0.25) is 0 Å². The lowest BCUT2D eigenvalue weighted by molar-refractivity contribution is -0.386. The number of hydrogen-bond donors (Lipinski definition) is 14. The van der Waals surface area contributed by atoms with Crippen molar-refractivity contribution >= 4 is 17.8 Å². The first-order valence-corrected chi connectivity index (χ1v) is 38.5. The Morgan fingerprint density at radius 2 is 0.959 bits per heavy atom. The highest BCUT2D eigenvalue weighted by atomic mass is 16.8. The van der Waals surface area contributed by atoms with Crippen molar-refractivity contribution in [3.63, 3.8) is 0 Å². The van der Waals surface area contributed by atoms with E-state index in [4.69, 9.17) is 28.4 Å². The molecule has 97 heavy (non-hydrogen) atoms. The average molecular weight is 1390 g/mol. The Bertz CT molecular complexity index is 2000. The Hall–Kier alpha value is -2.53. The van der Waals surface area contributed by atoms with Gasteiger partial charge in [-0.05, 0) is 38.5 Å². The van der Waals surface area contributed by atoms with Gasteiger partial charge in [0.25, 0.3) is 5.79 Å². The van der Waals surface area contributed by atoms with Crippen LogP contribution >= 0.6 is 0 Å². The zero-order valence-corrected chi connectivity index (χ0v) is 60.0. The van der Waals surface area contributed by atoms with Crippen LogP contribution < -0.4 is 10.6 Å².